The van der Waals surface area contributed by atoms with Crippen molar-refractivity contribution in [3.63, 3.8) is 0 Å². The van der Waals surface area contributed by atoms with E-state index in [1.807, 2.05) is 6.92 Å². The fourth-order valence-corrected chi connectivity index (χ4v) is 2.60. The molecule has 0 aromatic heterocycles. The summed E-state index contributed by atoms with van der Waals surface area (Å²) in [5, 5.41) is 0. The molecule has 0 saturated heterocycles. The van der Waals surface area contributed by atoms with Crippen LogP contribution in [0, 0.1) is 17.8 Å². The molecule has 1 fully saturated rings. The van der Waals surface area contributed by atoms with Crippen molar-refractivity contribution in [3.8, 4) is 0 Å². The van der Waals surface area contributed by atoms with Crippen molar-refractivity contribution in [3.05, 3.63) is 0 Å². The van der Waals surface area contributed by atoms with Gasteiger partial charge in [-0.15, -0.1) is 0 Å². The lowest BCUT2D eigenvalue weighted by Crippen LogP contribution is -2.31. The molecule has 0 spiro atoms. The molecule has 0 radical (unpaired) electrons. The maximum absolute atomic E-state index is 13.2. The molecule has 0 N–H and O–H groups in total. The van der Waals surface area contributed by atoms with Crippen LogP contribution in [0.15, 0.2) is 0 Å². The first-order chi connectivity index (χ1) is 5.89. The summed E-state index contributed by atoms with van der Waals surface area (Å²) in [7, 11) is 0. The summed E-state index contributed by atoms with van der Waals surface area (Å²) in [6, 6.07) is 0. The van der Waals surface area contributed by atoms with Gasteiger partial charge in [-0.25, -0.2) is 8.78 Å². The van der Waals surface area contributed by atoms with Crippen LogP contribution in [0.4, 0.5) is 8.78 Å². The highest BCUT2D eigenvalue weighted by atomic mass is 19.3. The van der Waals surface area contributed by atoms with Crippen LogP contribution in [0.2, 0.25) is 0 Å². The summed E-state index contributed by atoms with van der Waals surface area (Å²) >= 11 is 0. The van der Waals surface area contributed by atoms with Gasteiger partial charge in [0.25, 0.3) is 0 Å². The Labute approximate surface area is 79.7 Å². The molecule has 0 heterocycles. The van der Waals surface area contributed by atoms with Gasteiger partial charge in [0.05, 0.1) is 0 Å². The van der Waals surface area contributed by atoms with E-state index in [1.165, 1.54) is 0 Å². The second-order valence-corrected chi connectivity index (χ2v) is 5.10. The van der Waals surface area contributed by atoms with Gasteiger partial charge in [0, 0.05) is 12.8 Å². The van der Waals surface area contributed by atoms with E-state index < -0.39 is 5.92 Å². The third kappa shape index (κ3) is 3.61. The van der Waals surface area contributed by atoms with Gasteiger partial charge >= 0.3 is 0 Å². The Morgan fingerprint density at radius 1 is 1.31 bits per heavy atom. The van der Waals surface area contributed by atoms with Crippen LogP contribution in [0.25, 0.3) is 0 Å². The fraction of sp³-hybridized carbons (Fsp3) is 1.00. The van der Waals surface area contributed by atoms with Crippen LogP contribution >= 0.6 is 0 Å². The first-order valence-corrected chi connectivity index (χ1v) is 5.27. The van der Waals surface area contributed by atoms with Crippen LogP contribution in [-0.2, 0) is 0 Å². The molecular formula is C11H20F2. The van der Waals surface area contributed by atoms with Gasteiger partial charge in [-0.05, 0) is 30.6 Å². The molecule has 78 valence electrons. The van der Waals surface area contributed by atoms with E-state index in [0.29, 0.717) is 5.92 Å². The summed E-state index contributed by atoms with van der Waals surface area (Å²) in [6.45, 7) is 6.16. The molecule has 0 aromatic rings. The third-order valence-electron chi connectivity index (χ3n) is 2.77. The summed E-state index contributed by atoms with van der Waals surface area (Å²) in [5.41, 5.74) is 0. The van der Waals surface area contributed by atoms with Crippen molar-refractivity contribution in [2.45, 2.75) is 52.4 Å². The van der Waals surface area contributed by atoms with E-state index in [-0.39, 0.29) is 24.7 Å². The molecule has 0 unspecified atom stereocenters. The maximum atomic E-state index is 13.2. The smallest absolute Gasteiger partial charge is 0.207 e. The highest BCUT2D eigenvalue weighted by Gasteiger charge is 2.39. The van der Waals surface area contributed by atoms with Gasteiger partial charge in [0.2, 0.25) is 5.92 Å². The maximum Gasteiger partial charge on any atom is 0.248 e. The van der Waals surface area contributed by atoms with Crippen LogP contribution < -0.4 is 0 Å². The van der Waals surface area contributed by atoms with Gasteiger partial charge in [0.15, 0.2) is 0 Å². The minimum absolute atomic E-state index is 0.0988. The Balaban J connectivity index is 2.48. The van der Waals surface area contributed by atoms with Crippen LogP contribution in [0.3, 0.4) is 0 Å². The van der Waals surface area contributed by atoms with E-state index in [2.05, 4.69) is 13.8 Å². The van der Waals surface area contributed by atoms with Crippen molar-refractivity contribution in [1.82, 2.24) is 0 Å². The Hall–Kier alpha value is -0.140. The van der Waals surface area contributed by atoms with E-state index in [1.54, 1.807) is 0 Å². The molecule has 0 nitrogen and oxygen atoms in total. The first-order valence-electron chi connectivity index (χ1n) is 5.27. The molecular weight excluding hydrogens is 170 g/mol. The summed E-state index contributed by atoms with van der Waals surface area (Å²) < 4.78 is 26.3. The Morgan fingerprint density at radius 3 is 2.38 bits per heavy atom. The topological polar surface area (TPSA) is 0 Å². The summed E-state index contributed by atoms with van der Waals surface area (Å²) in [4.78, 5) is 0. The standard InChI is InChI=1S/C11H20F2/c1-8(2)4-10-5-9(3)6-11(12,13)7-10/h8-10H,4-7H2,1-3H3/t9-,10+/m0/s1. The first kappa shape index (κ1) is 10.9. The molecule has 0 aliphatic heterocycles. The molecule has 13 heavy (non-hydrogen) atoms. The molecule has 1 aliphatic rings. The predicted octanol–water partition coefficient (Wildman–Crippen LogP) is 4.10. The second-order valence-electron chi connectivity index (χ2n) is 5.10. The Kier molecular flexibility index (Phi) is 3.31. The monoisotopic (exact) mass is 190 g/mol. The van der Waals surface area contributed by atoms with Crippen LogP contribution in [-0.4, -0.2) is 5.92 Å². The van der Waals surface area contributed by atoms with Gasteiger partial charge in [-0.3, -0.25) is 0 Å². The Morgan fingerprint density at radius 2 is 1.92 bits per heavy atom. The van der Waals surface area contributed by atoms with E-state index in [9.17, 15) is 8.78 Å². The number of hydrogen-bond acceptors (Lipinski definition) is 0. The van der Waals surface area contributed by atoms with Crippen molar-refractivity contribution in [1.29, 1.82) is 0 Å². The molecule has 1 rings (SSSR count). The van der Waals surface area contributed by atoms with Crippen molar-refractivity contribution < 1.29 is 8.78 Å². The van der Waals surface area contributed by atoms with Gasteiger partial charge in [-0.2, -0.15) is 0 Å². The predicted molar refractivity (Wildman–Crippen MR) is 50.9 cm³/mol. The molecule has 1 saturated carbocycles. The average Bonchev–Trinajstić information content (AvgIpc) is 1.78. The summed E-state index contributed by atoms with van der Waals surface area (Å²) in [5.74, 6) is -1.39. The largest absolute Gasteiger partial charge is 0.248 e. The van der Waals surface area contributed by atoms with Gasteiger partial charge in [0.1, 0.15) is 0 Å². The van der Waals surface area contributed by atoms with Crippen molar-refractivity contribution >= 4 is 0 Å². The van der Waals surface area contributed by atoms with Crippen molar-refractivity contribution in [2.75, 3.05) is 0 Å². The lowest BCUT2D eigenvalue weighted by Gasteiger charge is -2.33. The lowest BCUT2D eigenvalue weighted by molar-refractivity contribution is -0.0719. The normalized spacial score (nSPS) is 33.7. The van der Waals surface area contributed by atoms with Crippen LogP contribution in [0.1, 0.15) is 46.5 Å². The van der Waals surface area contributed by atoms with E-state index >= 15 is 0 Å². The zero-order chi connectivity index (χ0) is 10.1. The zero-order valence-corrected chi connectivity index (χ0v) is 8.82. The molecule has 0 bridgehead atoms. The van der Waals surface area contributed by atoms with Gasteiger partial charge < -0.3 is 0 Å². The minimum atomic E-state index is -2.39. The SMILES string of the molecule is CC(C)C[C@@H]1C[C@H](C)CC(F)(F)C1. The molecule has 2 heteroatoms. The number of alkyl halides is 2. The second kappa shape index (κ2) is 3.93. The van der Waals surface area contributed by atoms with Crippen LogP contribution in [0.5, 0.6) is 0 Å². The third-order valence-corrected chi connectivity index (χ3v) is 2.77. The quantitative estimate of drug-likeness (QED) is 0.615. The molecule has 0 aromatic carbocycles. The number of hydrogen-bond donors (Lipinski definition) is 0. The molecule has 1 aliphatic carbocycles. The minimum Gasteiger partial charge on any atom is -0.207 e. The number of rotatable bonds is 2. The van der Waals surface area contributed by atoms with Crippen molar-refractivity contribution in [2.24, 2.45) is 17.8 Å². The molecule has 0 amide bonds. The highest BCUT2D eigenvalue weighted by Crippen LogP contribution is 2.41. The van der Waals surface area contributed by atoms with E-state index in [4.69, 9.17) is 0 Å². The summed E-state index contributed by atoms with van der Waals surface area (Å²) in [6.07, 6.45) is 2.17. The Bertz CT molecular complexity index is 161. The van der Waals surface area contributed by atoms with E-state index in [0.717, 1.165) is 12.8 Å². The zero-order valence-electron chi connectivity index (χ0n) is 8.82. The highest BCUT2D eigenvalue weighted by molar-refractivity contribution is 4.82. The number of halogens is 2. The van der Waals surface area contributed by atoms with Gasteiger partial charge in [-0.1, -0.05) is 20.8 Å². The fourth-order valence-electron chi connectivity index (χ4n) is 2.60. The lowest BCUT2D eigenvalue weighted by atomic mass is 9.77. The molecule has 2 atom stereocenters. The average molecular weight is 190 g/mol.